The Bertz CT molecular complexity index is 559. The van der Waals surface area contributed by atoms with E-state index in [1.54, 1.807) is 11.8 Å². The fourth-order valence-electron chi connectivity index (χ4n) is 1.90. The third-order valence-electron chi connectivity index (χ3n) is 3.20. The predicted molar refractivity (Wildman–Crippen MR) is 78.6 cm³/mol. The van der Waals surface area contributed by atoms with Crippen LogP contribution in [0.15, 0.2) is 34.3 Å². The van der Waals surface area contributed by atoms with Crippen molar-refractivity contribution in [1.29, 1.82) is 0 Å². The fraction of sp³-hybridized carbons (Fsp3) is 0.500. The first kappa shape index (κ1) is 13.6. The zero-order valence-electron chi connectivity index (χ0n) is 11.8. The molecule has 1 aromatic carbocycles. The monoisotopic (exact) mass is 289 g/mol. The lowest BCUT2D eigenvalue weighted by Gasteiger charge is -2.08. The zero-order chi connectivity index (χ0) is 13.9. The molecule has 1 N–H and O–H groups in total. The van der Waals surface area contributed by atoms with Gasteiger partial charge in [-0.25, -0.2) is 4.68 Å². The normalized spacial score (nSPS) is 14.9. The van der Waals surface area contributed by atoms with E-state index in [-0.39, 0.29) is 0 Å². The largest absolute Gasteiger partial charge is 0.310 e. The van der Waals surface area contributed by atoms with E-state index in [0.29, 0.717) is 12.1 Å². The first-order chi connectivity index (χ1) is 9.72. The Labute approximate surface area is 123 Å². The molecule has 0 amide bonds. The number of aromatic nitrogens is 4. The number of nitrogens with zero attached hydrogens (tertiary/aromatic N) is 4. The number of nitrogens with one attached hydrogen (secondary N) is 1. The first-order valence-corrected chi connectivity index (χ1v) is 7.82. The number of hydrogen-bond donors (Lipinski definition) is 1. The molecule has 20 heavy (non-hydrogen) atoms. The van der Waals surface area contributed by atoms with E-state index in [4.69, 9.17) is 0 Å². The molecule has 0 saturated heterocycles. The molecule has 1 heterocycles. The quantitative estimate of drug-likeness (QED) is 0.886. The summed E-state index contributed by atoms with van der Waals surface area (Å²) in [5.74, 6) is 0. The third-order valence-corrected chi connectivity index (χ3v) is 4.16. The SMILES string of the molecule is CC(C)NCc1ccc(Sc2nnnn2C2CC2)cc1. The van der Waals surface area contributed by atoms with Crippen molar-refractivity contribution >= 4 is 11.8 Å². The summed E-state index contributed by atoms with van der Waals surface area (Å²) in [6.45, 7) is 5.21. The van der Waals surface area contributed by atoms with Gasteiger partial charge in [-0.05, 0) is 52.7 Å². The second-order valence-corrected chi connectivity index (χ2v) is 6.46. The van der Waals surface area contributed by atoms with Gasteiger partial charge in [0, 0.05) is 17.5 Å². The molecule has 0 aliphatic heterocycles. The van der Waals surface area contributed by atoms with Gasteiger partial charge in [-0.1, -0.05) is 26.0 Å². The summed E-state index contributed by atoms with van der Waals surface area (Å²) in [7, 11) is 0. The van der Waals surface area contributed by atoms with Crippen LogP contribution in [0.4, 0.5) is 0 Å². The fourth-order valence-corrected chi connectivity index (χ4v) is 2.74. The van der Waals surface area contributed by atoms with Crippen molar-refractivity contribution in [2.75, 3.05) is 0 Å². The molecule has 5 nitrogen and oxygen atoms in total. The van der Waals surface area contributed by atoms with Gasteiger partial charge in [0.05, 0.1) is 6.04 Å². The van der Waals surface area contributed by atoms with Crippen LogP contribution < -0.4 is 5.32 Å². The maximum atomic E-state index is 4.11. The molecule has 1 aromatic heterocycles. The average Bonchev–Trinajstić information content (AvgIpc) is 3.18. The van der Waals surface area contributed by atoms with Gasteiger partial charge < -0.3 is 5.32 Å². The molecular formula is C14H19N5S. The van der Waals surface area contributed by atoms with Crippen LogP contribution in [0, 0.1) is 0 Å². The smallest absolute Gasteiger partial charge is 0.214 e. The standard InChI is InChI=1S/C14H19N5S/c1-10(2)15-9-11-3-7-13(8-4-11)20-14-16-17-18-19(14)12-5-6-12/h3-4,7-8,10,12,15H,5-6,9H2,1-2H3. The van der Waals surface area contributed by atoms with Gasteiger partial charge in [-0.3, -0.25) is 0 Å². The summed E-state index contributed by atoms with van der Waals surface area (Å²) >= 11 is 1.63. The van der Waals surface area contributed by atoms with E-state index in [1.165, 1.54) is 23.3 Å². The molecule has 3 rings (SSSR count). The van der Waals surface area contributed by atoms with Crippen LogP contribution in [0.2, 0.25) is 0 Å². The van der Waals surface area contributed by atoms with Crippen molar-refractivity contribution in [1.82, 2.24) is 25.5 Å². The van der Waals surface area contributed by atoms with Gasteiger partial charge in [0.25, 0.3) is 0 Å². The van der Waals surface area contributed by atoms with Crippen LogP contribution in [0.1, 0.15) is 38.3 Å². The summed E-state index contributed by atoms with van der Waals surface area (Å²) < 4.78 is 1.94. The molecule has 0 unspecified atom stereocenters. The Balaban J connectivity index is 1.64. The Kier molecular flexibility index (Phi) is 4.03. The topological polar surface area (TPSA) is 55.6 Å². The second-order valence-electron chi connectivity index (χ2n) is 5.42. The van der Waals surface area contributed by atoms with Crippen LogP contribution in [0.25, 0.3) is 0 Å². The lowest BCUT2D eigenvalue weighted by atomic mass is 10.2. The van der Waals surface area contributed by atoms with E-state index in [1.807, 2.05) is 4.68 Å². The highest BCUT2D eigenvalue weighted by molar-refractivity contribution is 7.99. The minimum absolute atomic E-state index is 0.507. The molecule has 0 bridgehead atoms. The predicted octanol–water partition coefficient (Wildman–Crippen LogP) is 2.66. The molecule has 0 radical (unpaired) electrons. The van der Waals surface area contributed by atoms with Gasteiger partial charge >= 0.3 is 0 Å². The lowest BCUT2D eigenvalue weighted by molar-refractivity contribution is 0.565. The van der Waals surface area contributed by atoms with E-state index in [2.05, 4.69) is 59.0 Å². The first-order valence-electron chi connectivity index (χ1n) is 7.00. The number of hydrogen-bond acceptors (Lipinski definition) is 5. The summed E-state index contributed by atoms with van der Waals surface area (Å²) in [6, 6.07) is 9.60. The van der Waals surface area contributed by atoms with Crippen LogP contribution >= 0.6 is 11.8 Å². The maximum absolute atomic E-state index is 4.11. The van der Waals surface area contributed by atoms with Crippen LogP contribution in [-0.2, 0) is 6.54 Å². The van der Waals surface area contributed by atoms with E-state index in [9.17, 15) is 0 Å². The van der Waals surface area contributed by atoms with Gasteiger partial charge in [0.2, 0.25) is 5.16 Å². The van der Waals surface area contributed by atoms with Crippen LogP contribution in [-0.4, -0.2) is 26.2 Å². The summed E-state index contributed by atoms with van der Waals surface area (Å²) in [6.07, 6.45) is 2.39. The van der Waals surface area contributed by atoms with Crippen LogP contribution in [0.3, 0.4) is 0 Å². The van der Waals surface area contributed by atoms with Crippen LogP contribution in [0.5, 0.6) is 0 Å². The Morgan fingerprint density at radius 3 is 2.70 bits per heavy atom. The molecular weight excluding hydrogens is 270 g/mol. The lowest BCUT2D eigenvalue weighted by Crippen LogP contribution is -2.21. The molecule has 6 heteroatoms. The van der Waals surface area contributed by atoms with E-state index < -0.39 is 0 Å². The van der Waals surface area contributed by atoms with Gasteiger partial charge in [-0.15, -0.1) is 5.10 Å². The van der Waals surface area contributed by atoms with E-state index in [0.717, 1.165) is 11.7 Å². The van der Waals surface area contributed by atoms with Gasteiger partial charge in [0.15, 0.2) is 0 Å². The van der Waals surface area contributed by atoms with Crippen molar-refractivity contribution in [2.45, 2.75) is 55.4 Å². The number of tetrazole rings is 1. The summed E-state index contributed by atoms with van der Waals surface area (Å²) in [4.78, 5) is 1.18. The second kappa shape index (κ2) is 5.93. The molecule has 0 spiro atoms. The van der Waals surface area contributed by atoms with Crippen molar-refractivity contribution in [2.24, 2.45) is 0 Å². The molecule has 1 aliphatic carbocycles. The highest BCUT2D eigenvalue weighted by Crippen LogP contribution is 2.37. The maximum Gasteiger partial charge on any atom is 0.214 e. The van der Waals surface area contributed by atoms with Crippen molar-refractivity contribution in [3.05, 3.63) is 29.8 Å². The number of benzene rings is 1. The third kappa shape index (κ3) is 3.37. The molecule has 106 valence electrons. The van der Waals surface area contributed by atoms with E-state index >= 15 is 0 Å². The highest BCUT2D eigenvalue weighted by atomic mass is 32.2. The Morgan fingerprint density at radius 1 is 1.30 bits per heavy atom. The van der Waals surface area contributed by atoms with Crippen molar-refractivity contribution in [3.8, 4) is 0 Å². The molecule has 1 saturated carbocycles. The van der Waals surface area contributed by atoms with Gasteiger partial charge in [-0.2, -0.15) is 0 Å². The Hall–Kier alpha value is -1.40. The zero-order valence-corrected chi connectivity index (χ0v) is 12.6. The van der Waals surface area contributed by atoms with Crippen molar-refractivity contribution in [3.63, 3.8) is 0 Å². The summed E-state index contributed by atoms with van der Waals surface area (Å²) in [5, 5.41) is 16.3. The highest BCUT2D eigenvalue weighted by Gasteiger charge is 2.27. The molecule has 0 atom stereocenters. The average molecular weight is 289 g/mol. The minimum atomic E-state index is 0.507. The molecule has 1 fully saturated rings. The number of rotatable bonds is 6. The van der Waals surface area contributed by atoms with Gasteiger partial charge in [0.1, 0.15) is 0 Å². The molecule has 1 aliphatic rings. The van der Waals surface area contributed by atoms with Crippen molar-refractivity contribution < 1.29 is 0 Å². The minimum Gasteiger partial charge on any atom is -0.310 e. The Morgan fingerprint density at radius 2 is 2.05 bits per heavy atom. The molecule has 2 aromatic rings. The summed E-state index contributed by atoms with van der Waals surface area (Å²) in [5.41, 5.74) is 1.30.